The van der Waals surface area contributed by atoms with Gasteiger partial charge >= 0.3 is 0 Å². The number of piperazine rings is 1. The fraction of sp³-hybridized carbons (Fsp3) is 0.286. The number of sulfone groups is 1. The number of thiophene rings is 1. The van der Waals surface area contributed by atoms with E-state index in [9.17, 15) is 8.42 Å². The quantitative estimate of drug-likeness (QED) is 0.740. The number of aromatic amines is 1. The normalized spacial score (nSPS) is 16.1. The molecule has 9 heteroatoms. The molecule has 1 fully saturated rings. The van der Waals surface area contributed by atoms with E-state index in [-0.39, 0.29) is 5.03 Å². The van der Waals surface area contributed by atoms with Gasteiger partial charge in [-0.15, -0.1) is 11.3 Å². The van der Waals surface area contributed by atoms with Crippen LogP contribution in [-0.2, 0) is 9.84 Å². The van der Waals surface area contributed by atoms with Crippen LogP contribution in [0.1, 0.15) is 0 Å². The lowest BCUT2D eigenvalue weighted by molar-refractivity contribution is 0.586. The van der Waals surface area contributed by atoms with Gasteiger partial charge in [0.15, 0.2) is 10.8 Å². The third kappa shape index (κ3) is 2.41. The highest BCUT2D eigenvalue weighted by Gasteiger charge is 2.26. The Hall–Kier alpha value is -1.97. The maximum absolute atomic E-state index is 12.8. The van der Waals surface area contributed by atoms with Crippen molar-refractivity contribution in [1.29, 1.82) is 0 Å². The van der Waals surface area contributed by atoms with Gasteiger partial charge in [-0.05, 0) is 17.5 Å². The van der Waals surface area contributed by atoms with Gasteiger partial charge in [-0.2, -0.15) is 5.10 Å². The highest BCUT2D eigenvalue weighted by Crippen LogP contribution is 2.31. The fourth-order valence-corrected chi connectivity index (χ4v) is 5.18. The van der Waals surface area contributed by atoms with E-state index >= 15 is 0 Å². The van der Waals surface area contributed by atoms with Crippen LogP contribution in [0.4, 0.5) is 5.82 Å². The summed E-state index contributed by atoms with van der Waals surface area (Å²) in [6.07, 6.45) is 1.64. The van der Waals surface area contributed by atoms with Crippen molar-refractivity contribution in [2.75, 3.05) is 31.1 Å². The standard InChI is InChI=1S/C14H15N5O2S2/c20-23(21,11-2-1-9-22-11)14-10-3-4-16-13(12(10)17-18-14)19-7-5-15-6-8-19/h1-4,9,15H,5-8H2,(H,17,18). The lowest BCUT2D eigenvalue weighted by atomic mass is 10.3. The molecule has 0 unspecified atom stereocenters. The number of fused-ring (bicyclic) bond motifs is 1. The van der Waals surface area contributed by atoms with E-state index in [1.807, 2.05) is 0 Å². The van der Waals surface area contributed by atoms with Crippen LogP contribution < -0.4 is 10.2 Å². The van der Waals surface area contributed by atoms with Gasteiger partial charge in [-0.3, -0.25) is 5.10 Å². The van der Waals surface area contributed by atoms with E-state index in [4.69, 9.17) is 0 Å². The number of aromatic nitrogens is 3. The van der Waals surface area contributed by atoms with Crippen LogP contribution in [0.25, 0.3) is 10.9 Å². The summed E-state index contributed by atoms with van der Waals surface area (Å²) in [6.45, 7) is 3.41. The number of anilines is 1. The van der Waals surface area contributed by atoms with Crippen LogP contribution in [0.3, 0.4) is 0 Å². The second kappa shape index (κ2) is 5.59. The molecule has 0 radical (unpaired) electrons. The average Bonchev–Trinajstić information content (AvgIpc) is 3.25. The lowest BCUT2D eigenvalue weighted by Crippen LogP contribution is -2.44. The largest absolute Gasteiger partial charge is 0.352 e. The minimum atomic E-state index is -3.58. The third-order valence-electron chi connectivity index (χ3n) is 3.86. The summed E-state index contributed by atoms with van der Waals surface area (Å²) in [5.41, 5.74) is 0.601. The van der Waals surface area contributed by atoms with E-state index in [1.54, 1.807) is 29.8 Å². The minimum absolute atomic E-state index is 0.133. The average molecular weight is 349 g/mol. The smallest absolute Gasteiger partial charge is 0.233 e. The first-order valence-corrected chi connectivity index (χ1v) is 9.61. The Bertz CT molecular complexity index is 927. The van der Waals surface area contributed by atoms with Crippen molar-refractivity contribution in [3.05, 3.63) is 29.8 Å². The summed E-state index contributed by atoms with van der Waals surface area (Å²) in [6, 6.07) is 5.03. The molecular weight excluding hydrogens is 334 g/mol. The molecular formula is C14H15N5O2S2. The van der Waals surface area contributed by atoms with Crippen LogP contribution in [0.2, 0.25) is 0 Å². The van der Waals surface area contributed by atoms with Crippen molar-refractivity contribution in [3.8, 4) is 0 Å². The summed E-state index contributed by atoms with van der Waals surface area (Å²) >= 11 is 1.20. The first kappa shape index (κ1) is 14.6. The Morgan fingerprint density at radius 2 is 2.04 bits per heavy atom. The first-order valence-electron chi connectivity index (χ1n) is 7.25. The molecule has 1 saturated heterocycles. The molecule has 1 aliphatic rings. The monoisotopic (exact) mass is 349 g/mol. The predicted octanol–water partition coefficient (Wildman–Crippen LogP) is 1.26. The highest BCUT2D eigenvalue weighted by atomic mass is 32.2. The molecule has 0 atom stereocenters. The fourth-order valence-electron chi connectivity index (χ4n) is 2.73. The molecule has 0 saturated carbocycles. The molecule has 7 nitrogen and oxygen atoms in total. The lowest BCUT2D eigenvalue weighted by Gasteiger charge is -2.28. The van der Waals surface area contributed by atoms with Crippen molar-refractivity contribution in [2.24, 2.45) is 0 Å². The van der Waals surface area contributed by atoms with Gasteiger partial charge in [-0.25, -0.2) is 13.4 Å². The second-order valence-corrected chi connectivity index (χ2v) is 8.32. The number of nitrogens with one attached hydrogen (secondary N) is 2. The van der Waals surface area contributed by atoms with Crippen LogP contribution in [0, 0.1) is 0 Å². The number of nitrogens with zero attached hydrogens (tertiary/aromatic N) is 3. The van der Waals surface area contributed by atoms with Crippen LogP contribution in [0.15, 0.2) is 39.0 Å². The Kier molecular flexibility index (Phi) is 3.55. The van der Waals surface area contributed by atoms with Crippen LogP contribution >= 0.6 is 11.3 Å². The van der Waals surface area contributed by atoms with Crippen molar-refractivity contribution in [3.63, 3.8) is 0 Å². The van der Waals surface area contributed by atoms with Gasteiger partial charge in [0.05, 0.1) is 0 Å². The minimum Gasteiger partial charge on any atom is -0.352 e. The van der Waals surface area contributed by atoms with Crippen LogP contribution in [0.5, 0.6) is 0 Å². The zero-order valence-corrected chi connectivity index (χ0v) is 13.8. The molecule has 4 heterocycles. The first-order chi connectivity index (χ1) is 11.2. The van der Waals surface area contributed by atoms with Gasteiger partial charge < -0.3 is 10.2 Å². The maximum Gasteiger partial charge on any atom is 0.233 e. The summed E-state index contributed by atoms with van der Waals surface area (Å²) in [4.78, 5) is 6.54. The molecule has 0 aromatic carbocycles. The molecule has 0 bridgehead atoms. The molecule has 1 aliphatic heterocycles. The number of pyridine rings is 1. The van der Waals surface area contributed by atoms with E-state index in [2.05, 4.69) is 25.4 Å². The topological polar surface area (TPSA) is 91.0 Å². The highest BCUT2D eigenvalue weighted by molar-refractivity contribution is 7.93. The summed E-state index contributed by atoms with van der Waals surface area (Å²) in [5, 5.41) is 12.7. The second-order valence-electron chi connectivity index (χ2n) is 5.26. The molecule has 120 valence electrons. The number of H-pyrrole nitrogens is 1. The molecule has 3 aromatic heterocycles. The van der Waals surface area contributed by atoms with Crippen LogP contribution in [-0.4, -0.2) is 49.8 Å². The number of rotatable bonds is 3. The number of hydrogen-bond acceptors (Lipinski definition) is 7. The SMILES string of the molecule is O=S(=O)(c1cccs1)c1[nH]nc2c(N3CCNCC3)nccc12. The molecule has 0 spiro atoms. The molecule has 0 amide bonds. The Labute approximate surface area is 137 Å². The zero-order chi connectivity index (χ0) is 15.9. The molecule has 23 heavy (non-hydrogen) atoms. The van der Waals surface area contributed by atoms with Gasteiger partial charge in [0.25, 0.3) is 0 Å². The predicted molar refractivity (Wildman–Crippen MR) is 88.7 cm³/mol. The van der Waals surface area contributed by atoms with E-state index in [1.165, 1.54) is 11.3 Å². The molecule has 3 aromatic rings. The van der Waals surface area contributed by atoms with E-state index in [0.717, 1.165) is 32.0 Å². The summed E-state index contributed by atoms with van der Waals surface area (Å²) in [7, 11) is -3.58. The van der Waals surface area contributed by atoms with E-state index in [0.29, 0.717) is 15.1 Å². The van der Waals surface area contributed by atoms with Crippen molar-refractivity contribution >= 4 is 37.9 Å². The van der Waals surface area contributed by atoms with Gasteiger partial charge in [-0.1, -0.05) is 6.07 Å². The third-order valence-corrected chi connectivity index (χ3v) is 6.99. The van der Waals surface area contributed by atoms with Crippen molar-refractivity contribution in [1.82, 2.24) is 20.5 Å². The van der Waals surface area contributed by atoms with Gasteiger partial charge in [0.2, 0.25) is 9.84 Å². The summed E-state index contributed by atoms with van der Waals surface area (Å²) < 4.78 is 25.8. The Morgan fingerprint density at radius 3 is 2.78 bits per heavy atom. The molecule has 4 rings (SSSR count). The summed E-state index contributed by atoms with van der Waals surface area (Å²) in [5.74, 6) is 0.730. The Morgan fingerprint density at radius 1 is 1.22 bits per heavy atom. The maximum atomic E-state index is 12.8. The van der Waals surface area contributed by atoms with E-state index < -0.39 is 9.84 Å². The van der Waals surface area contributed by atoms with Crippen molar-refractivity contribution < 1.29 is 8.42 Å². The van der Waals surface area contributed by atoms with Gasteiger partial charge in [0.1, 0.15) is 9.73 Å². The van der Waals surface area contributed by atoms with Gasteiger partial charge in [0, 0.05) is 37.8 Å². The number of hydrogen-bond donors (Lipinski definition) is 2. The molecule has 0 aliphatic carbocycles. The van der Waals surface area contributed by atoms with Crippen molar-refractivity contribution in [2.45, 2.75) is 9.24 Å². The Balaban J connectivity index is 1.85. The molecule has 2 N–H and O–H groups in total. The zero-order valence-electron chi connectivity index (χ0n) is 12.2.